The third kappa shape index (κ3) is 1.17. The summed E-state index contributed by atoms with van der Waals surface area (Å²) >= 11 is 0. The van der Waals surface area contributed by atoms with Gasteiger partial charge >= 0.3 is 0 Å². The van der Waals surface area contributed by atoms with Crippen LogP contribution in [0.25, 0.3) is 0 Å². The molecule has 0 saturated heterocycles. The minimum atomic E-state index is 0.623. The molecule has 0 unspecified atom stereocenters. The molecule has 0 radical (unpaired) electrons. The van der Waals surface area contributed by atoms with Crippen LogP contribution in [0.2, 0.25) is 0 Å². The molecular formula is C6H8N2O. The smallest absolute Gasteiger partial charge is 0.167 e. The second kappa shape index (κ2) is 2.46. The van der Waals surface area contributed by atoms with Crippen LogP contribution >= 0.6 is 0 Å². The molecule has 1 heterocycles. The molecule has 0 bridgehead atoms. The van der Waals surface area contributed by atoms with E-state index in [0.29, 0.717) is 5.75 Å². The molecule has 0 aliphatic carbocycles. The molecule has 1 aromatic rings. The standard InChI is InChI=1S/C6H8N2O/c1-5-2-3-8-4-6(5)9-7/h2-4H,7H2,1H3. The molecular weight excluding hydrogens is 116 g/mol. The Bertz CT molecular complexity index is 200. The Balaban J connectivity index is 3.01. The highest BCUT2D eigenvalue weighted by molar-refractivity contribution is 5.27. The topological polar surface area (TPSA) is 48.1 Å². The van der Waals surface area contributed by atoms with Crippen molar-refractivity contribution in [3.63, 3.8) is 0 Å². The van der Waals surface area contributed by atoms with E-state index in [0.717, 1.165) is 5.56 Å². The lowest BCUT2D eigenvalue weighted by Crippen LogP contribution is -2.03. The molecule has 0 atom stereocenters. The van der Waals surface area contributed by atoms with E-state index in [9.17, 15) is 0 Å². The molecule has 0 spiro atoms. The first-order valence-electron chi connectivity index (χ1n) is 2.62. The third-order valence-corrected chi connectivity index (χ3v) is 1.12. The maximum absolute atomic E-state index is 4.91. The SMILES string of the molecule is Cc1ccncc1ON. The minimum absolute atomic E-state index is 0.623. The summed E-state index contributed by atoms with van der Waals surface area (Å²) in [5, 5.41) is 0. The summed E-state index contributed by atoms with van der Waals surface area (Å²) in [5.74, 6) is 5.53. The average molecular weight is 124 g/mol. The van der Waals surface area contributed by atoms with Crippen LogP contribution in [0.3, 0.4) is 0 Å². The fourth-order valence-electron chi connectivity index (χ4n) is 0.573. The van der Waals surface area contributed by atoms with Crippen molar-refractivity contribution in [2.45, 2.75) is 6.92 Å². The largest absolute Gasteiger partial charge is 0.410 e. The molecule has 1 rings (SSSR count). The lowest BCUT2D eigenvalue weighted by atomic mass is 10.3. The van der Waals surface area contributed by atoms with Gasteiger partial charge < -0.3 is 4.84 Å². The number of nitrogens with zero attached hydrogens (tertiary/aromatic N) is 1. The highest BCUT2D eigenvalue weighted by Crippen LogP contribution is 2.11. The summed E-state index contributed by atoms with van der Waals surface area (Å²) in [6, 6.07) is 1.84. The van der Waals surface area contributed by atoms with E-state index < -0.39 is 0 Å². The Morgan fingerprint density at radius 2 is 2.44 bits per heavy atom. The van der Waals surface area contributed by atoms with Crippen LogP contribution in [0.15, 0.2) is 18.5 Å². The summed E-state index contributed by atoms with van der Waals surface area (Å²) < 4.78 is 0. The monoisotopic (exact) mass is 124 g/mol. The Morgan fingerprint density at radius 1 is 1.67 bits per heavy atom. The van der Waals surface area contributed by atoms with Gasteiger partial charge in [0.1, 0.15) is 0 Å². The highest BCUT2D eigenvalue weighted by Gasteiger charge is 1.93. The zero-order chi connectivity index (χ0) is 6.69. The number of aromatic nitrogens is 1. The van der Waals surface area contributed by atoms with Crippen molar-refractivity contribution >= 4 is 0 Å². The zero-order valence-corrected chi connectivity index (χ0v) is 5.16. The van der Waals surface area contributed by atoms with Crippen LogP contribution in [-0.2, 0) is 0 Å². The van der Waals surface area contributed by atoms with E-state index in [1.165, 1.54) is 0 Å². The lowest BCUT2D eigenvalue weighted by molar-refractivity contribution is 0.330. The molecule has 48 valence electrons. The van der Waals surface area contributed by atoms with Crippen LogP contribution < -0.4 is 10.7 Å². The van der Waals surface area contributed by atoms with Crippen molar-refractivity contribution < 1.29 is 4.84 Å². The maximum Gasteiger partial charge on any atom is 0.167 e. The van der Waals surface area contributed by atoms with Gasteiger partial charge in [-0.25, -0.2) is 0 Å². The van der Waals surface area contributed by atoms with Gasteiger partial charge in [-0.3, -0.25) is 4.98 Å². The van der Waals surface area contributed by atoms with Crippen molar-refractivity contribution in [1.82, 2.24) is 4.98 Å². The molecule has 0 aliphatic heterocycles. The van der Waals surface area contributed by atoms with Gasteiger partial charge in [0, 0.05) is 6.20 Å². The number of nitrogens with two attached hydrogens (primary N) is 1. The Hall–Kier alpha value is -1.09. The van der Waals surface area contributed by atoms with Gasteiger partial charge in [0.15, 0.2) is 5.75 Å². The molecule has 9 heavy (non-hydrogen) atoms. The number of hydrogen-bond acceptors (Lipinski definition) is 3. The molecule has 0 saturated carbocycles. The fraction of sp³-hybridized carbons (Fsp3) is 0.167. The van der Waals surface area contributed by atoms with E-state index in [1.54, 1.807) is 12.4 Å². The van der Waals surface area contributed by atoms with Crippen LogP contribution in [0.4, 0.5) is 0 Å². The quantitative estimate of drug-likeness (QED) is 0.559. The fourth-order valence-corrected chi connectivity index (χ4v) is 0.573. The Labute approximate surface area is 53.4 Å². The second-order valence-corrected chi connectivity index (χ2v) is 1.76. The summed E-state index contributed by atoms with van der Waals surface area (Å²) in [4.78, 5) is 8.29. The lowest BCUT2D eigenvalue weighted by Gasteiger charge is -1.98. The molecule has 0 amide bonds. The minimum Gasteiger partial charge on any atom is -0.410 e. The molecule has 3 nitrogen and oxygen atoms in total. The first-order chi connectivity index (χ1) is 4.34. The highest BCUT2D eigenvalue weighted by atomic mass is 16.6. The number of rotatable bonds is 1. The number of hydrogen-bond donors (Lipinski definition) is 1. The molecule has 0 aromatic carbocycles. The Morgan fingerprint density at radius 3 is 2.89 bits per heavy atom. The maximum atomic E-state index is 4.91. The van der Waals surface area contributed by atoms with Gasteiger partial charge in [-0.05, 0) is 18.6 Å². The second-order valence-electron chi connectivity index (χ2n) is 1.76. The molecule has 1 aromatic heterocycles. The van der Waals surface area contributed by atoms with Crippen molar-refractivity contribution in [3.05, 3.63) is 24.0 Å². The van der Waals surface area contributed by atoms with E-state index in [2.05, 4.69) is 9.82 Å². The molecule has 2 N–H and O–H groups in total. The predicted molar refractivity (Wildman–Crippen MR) is 33.8 cm³/mol. The zero-order valence-electron chi connectivity index (χ0n) is 5.16. The van der Waals surface area contributed by atoms with Crippen LogP contribution in [0.5, 0.6) is 5.75 Å². The van der Waals surface area contributed by atoms with Crippen molar-refractivity contribution in [2.24, 2.45) is 5.90 Å². The molecule has 0 fully saturated rings. The van der Waals surface area contributed by atoms with Gasteiger partial charge in [0.25, 0.3) is 0 Å². The van der Waals surface area contributed by atoms with E-state index in [-0.39, 0.29) is 0 Å². The van der Waals surface area contributed by atoms with E-state index >= 15 is 0 Å². The van der Waals surface area contributed by atoms with Gasteiger partial charge in [-0.1, -0.05) is 0 Å². The van der Waals surface area contributed by atoms with Gasteiger partial charge in [0.2, 0.25) is 0 Å². The summed E-state index contributed by atoms with van der Waals surface area (Å²) in [6.07, 6.45) is 3.27. The van der Waals surface area contributed by atoms with Crippen molar-refractivity contribution in [3.8, 4) is 5.75 Å². The van der Waals surface area contributed by atoms with Crippen molar-refractivity contribution in [1.29, 1.82) is 0 Å². The number of aryl methyl sites for hydroxylation is 1. The van der Waals surface area contributed by atoms with E-state index in [4.69, 9.17) is 5.90 Å². The van der Waals surface area contributed by atoms with Gasteiger partial charge in [-0.2, -0.15) is 5.90 Å². The predicted octanol–water partition coefficient (Wildman–Crippen LogP) is 0.643. The normalized spacial score (nSPS) is 9.11. The van der Waals surface area contributed by atoms with Gasteiger partial charge in [0.05, 0.1) is 6.20 Å². The summed E-state index contributed by atoms with van der Waals surface area (Å²) in [7, 11) is 0. The summed E-state index contributed by atoms with van der Waals surface area (Å²) in [6.45, 7) is 1.91. The average Bonchev–Trinajstić information content (AvgIpc) is 1.89. The Kier molecular flexibility index (Phi) is 1.65. The van der Waals surface area contributed by atoms with E-state index in [1.807, 2.05) is 13.0 Å². The summed E-state index contributed by atoms with van der Waals surface area (Å²) in [5.41, 5.74) is 0.993. The van der Waals surface area contributed by atoms with Crippen molar-refractivity contribution in [2.75, 3.05) is 0 Å². The first-order valence-corrected chi connectivity index (χ1v) is 2.62. The number of pyridine rings is 1. The molecule has 3 heteroatoms. The van der Waals surface area contributed by atoms with Crippen LogP contribution in [0, 0.1) is 6.92 Å². The van der Waals surface area contributed by atoms with Crippen LogP contribution in [-0.4, -0.2) is 4.98 Å². The third-order valence-electron chi connectivity index (χ3n) is 1.12. The molecule has 0 aliphatic rings. The first kappa shape index (κ1) is 6.04. The van der Waals surface area contributed by atoms with Crippen LogP contribution in [0.1, 0.15) is 5.56 Å². The van der Waals surface area contributed by atoms with Gasteiger partial charge in [-0.15, -0.1) is 0 Å².